The molecule has 0 saturated heterocycles. The topological polar surface area (TPSA) is 97.8 Å². The molecule has 0 unspecified atom stereocenters. The summed E-state index contributed by atoms with van der Waals surface area (Å²) in [5.74, 6) is 1.93. The molecule has 4 aromatic heterocycles. The first-order chi connectivity index (χ1) is 16.1. The Kier molecular flexibility index (Phi) is 4.35. The van der Waals surface area contributed by atoms with Crippen LogP contribution in [0.3, 0.4) is 0 Å². The summed E-state index contributed by atoms with van der Waals surface area (Å²) < 4.78 is 23.8. The van der Waals surface area contributed by atoms with Crippen LogP contribution in [0.2, 0.25) is 0 Å². The zero-order chi connectivity index (χ0) is 22.5. The van der Waals surface area contributed by atoms with E-state index in [0.29, 0.717) is 35.8 Å². The highest BCUT2D eigenvalue weighted by Gasteiger charge is 2.21. The molecule has 0 spiro atoms. The minimum Gasteiger partial charge on any atom is -0.493 e. The quantitative estimate of drug-likeness (QED) is 0.441. The van der Waals surface area contributed by atoms with Gasteiger partial charge in [0.05, 0.1) is 6.61 Å². The third-order valence-corrected chi connectivity index (χ3v) is 5.88. The number of anilines is 2. The number of hydrogen-bond donors (Lipinski definition) is 1. The summed E-state index contributed by atoms with van der Waals surface area (Å²) in [4.78, 5) is 6.58. The van der Waals surface area contributed by atoms with E-state index in [2.05, 4.69) is 30.7 Å². The van der Waals surface area contributed by atoms with E-state index in [4.69, 9.17) is 4.74 Å². The van der Waals surface area contributed by atoms with Crippen molar-refractivity contribution in [2.75, 3.05) is 30.9 Å². The van der Waals surface area contributed by atoms with E-state index in [1.165, 1.54) is 6.07 Å². The van der Waals surface area contributed by atoms with Crippen LogP contribution in [-0.4, -0.2) is 54.9 Å². The molecule has 0 bridgehead atoms. The second-order valence-electron chi connectivity index (χ2n) is 8.00. The fourth-order valence-corrected chi connectivity index (χ4v) is 4.29. The van der Waals surface area contributed by atoms with Crippen molar-refractivity contribution in [2.24, 2.45) is 0 Å². The summed E-state index contributed by atoms with van der Waals surface area (Å²) in [6, 6.07) is 7.08. The van der Waals surface area contributed by atoms with Crippen LogP contribution >= 0.6 is 0 Å². The predicted molar refractivity (Wildman–Crippen MR) is 120 cm³/mol. The summed E-state index contributed by atoms with van der Waals surface area (Å²) >= 11 is 0. The van der Waals surface area contributed by atoms with Gasteiger partial charge in [0.1, 0.15) is 30.0 Å². The van der Waals surface area contributed by atoms with Gasteiger partial charge in [-0.3, -0.25) is 8.80 Å². The lowest BCUT2D eigenvalue weighted by Gasteiger charge is -2.16. The molecule has 0 amide bonds. The highest BCUT2D eigenvalue weighted by Crippen LogP contribution is 2.32. The minimum atomic E-state index is -0.265. The fraction of sp³-hybridized carbons (Fsp3) is 0.227. The summed E-state index contributed by atoms with van der Waals surface area (Å²) in [5.41, 5.74) is 4.38. The van der Waals surface area contributed by atoms with Gasteiger partial charge in [0, 0.05) is 55.5 Å². The lowest BCUT2D eigenvalue weighted by Crippen LogP contribution is -2.13. The molecule has 0 aliphatic carbocycles. The number of rotatable bonds is 5. The van der Waals surface area contributed by atoms with Gasteiger partial charge in [-0.25, -0.2) is 9.37 Å². The van der Waals surface area contributed by atoms with Crippen LogP contribution in [0.4, 0.5) is 16.2 Å². The summed E-state index contributed by atoms with van der Waals surface area (Å²) in [5, 5.41) is 20.0. The van der Waals surface area contributed by atoms with E-state index in [1.807, 2.05) is 35.5 Å². The van der Waals surface area contributed by atoms with Crippen LogP contribution in [-0.2, 0) is 13.0 Å². The second-order valence-corrected chi connectivity index (χ2v) is 8.00. The lowest BCUT2D eigenvalue weighted by molar-refractivity contribution is 0.356. The fourth-order valence-electron chi connectivity index (χ4n) is 4.29. The van der Waals surface area contributed by atoms with Crippen molar-refractivity contribution in [3.8, 4) is 16.9 Å². The van der Waals surface area contributed by atoms with E-state index in [1.54, 1.807) is 29.3 Å². The molecule has 10 nitrogen and oxygen atoms in total. The van der Waals surface area contributed by atoms with Crippen molar-refractivity contribution in [1.82, 2.24) is 34.2 Å². The van der Waals surface area contributed by atoms with Crippen LogP contribution in [0, 0.1) is 5.82 Å². The number of hydrogen-bond acceptors (Lipinski definition) is 8. The van der Waals surface area contributed by atoms with E-state index in [9.17, 15) is 4.39 Å². The maximum atomic E-state index is 14.5. The van der Waals surface area contributed by atoms with Gasteiger partial charge in [0.2, 0.25) is 5.95 Å². The van der Waals surface area contributed by atoms with Crippen LogP contribution in [0.25, 0.3) is 22.4 Å². The Labute approximate surface area is 187 Å². The molecule has 1 N–H and O–H groups in total. The molecule has 0 atom stereocenters. The molecule has 0 radical (unpaired) electrons. The third-order valence-electron chi connectivity index (χ3n) is 5.88. The Morgan fingerprint density at radius 1 is 1.03 bits per heavy atom. The number of nitrogens with one attached hydrogen (secondary N) is 1. The number of fused-ring (bicyclic) bond motifs is 3. The van der Waals surface area contributed by atoms with E-state index < -0.39 is 0 Å². The average Bonchev–Trinajstić information content (AvgIpc) is 3.57. The SMILES string of the molecule is CN(C)c1ccc(-c2cnc(NCc3c(F)ccc4c3CCO4)n3cnnc23)c2nncn12. The van der Waals surface area contributed by atoms with Gasteiger partial charge in [-0.15, -0.1) is 20.4 Å². The van der Waals surface area contributed by atoms with Crippen LogP contribution in [0.1, 0.15) is 11.1 Å². The van der Waals surface area contributed by atoms with Crippen molar-refractivity contribution in [2.45, 2.75) is 13.0 Å². The van der Waals surface area contributed by atoms with Gasteiger partial charge >= 0.3 is 0 Å². The van der Waals surface area contributed by atoms with Crippen molar-refractivity contribution < 1.29 is 9.13 Å². The normalized spacial score (nSPS) is 12.8. The molecule has 5 heterocycles. The Hall–Kier alpha value is -4.28. The molecular formula is C22H20FN9O. The molecule has 166 valence electrons. The first-order valence-electron chi connectivity index (χ1n) is 10.5. The molecule has 1 aliphatic rings. The molecular weight excluding hydrogens is 425 g/mol. The van der Waals surface area contributed by atoms with Crippen LogP contribution in [0.5, 0.6) is 5.75 Å². The number of ether oxygens (including phenoxy) is 1. The van der Waals surface area contributed by atoms with E-state index in [0.717, 1.165) is 28.3 Å². The number of benzene rings is 1. The maximum Gasteiger partial charge on any atom is 0.210 e. The van der Waals surface area contributed by atoms with E-state index >= 15 is 0 Å². The van der Waals surface area contributed by atoms with Gasteiger partial charge in [-0.1, -0.05) is 0 Å². The number of halogens is 1. The first-order valence-corrected chi connectivity index (χ1v) is 10.5. The second kappa shape index (κ2) is 7.40. The number of pyridine rings is 1. The van der Waals surface area contributed by atoms with Crippen molar-refractivity contribution in [1.29, 1.82) is 0 Å². The van der Waals surface area contributed by atoms with Gasteiger partial charge in [-0.2, -0.15) is 0 Å². The molecule has 33 heavy (non-hydrogen) atoms. The molecule has 11 heteroatoms. The minimum absolute atomic E-state index is 0.265. The lowest BCUT2D eigenvalue weighted by atomic mass is 10.0. The standard InChI is InChI=1S/C22H20FN9O/c1-30(2)19-6-3-14(20-28-26-11-31(19)20)16-10-25-22(32-12-27-29-21(16)32)24-9-15-13-7-8-33-18(13)5-4-17(15)23/h3-6,10-12H,7-9H2,1-2H3,(H,24,25). The monoisotopic (exact) mass is 445 g/mol. The van der Waals surface area contributed by atoms with Gasteiger partial charge in [-0.05, 0) is 24.3 Å². The predicted octanol–water partition coefficient (Wildman–Crippen LogP) is 2.59. The van der Waals surface area contributed by atoms with Crippen molar-refractivity contribution in [3.05, 3.63) is 60.1 Å². The highest BCUT2D eigenvalue weighted by atomic mass is 19.1. The first kappa shape index (κ1) is 19.4. The zero-order valence-corrected chi connectivity index (χ0v) is 18.0. The Balaban J connectivity index is 1.39. The molecule has 1 aromatic carbocycles. The average molecular weight is 445 g/mol. The zero-order valence-electron chi connectivity index (χ0n) is 18.0. The van der Waals surface area contributed by atoms with Crippen LogP contribution in [0.15, 0.2) is 43.1 Å². The van der Waals surface area contributed by atoms with Crippen molar-refractivity contribution >= 4 is 23.1 Å². The summed E-state index contributed by atoms with van der Waals surface area (Å²) in [7, 11) is 3.93. The third kappa shape index (κ3) is 3.04. The molecule has 0 saturated carbocycles. The van der Waals surface area contributed by atoms with Gasteiger partial charge < -0.3 is 15.0 Å². The molecule has 1 aliphatic heterocycles. The summed E-state index contributed by atoms with van der Waals surface area (Å²) in [6.07, 6.45) is 5.67. The number of nitrogens with zero attached hydrogens (tertiary/aromatic N) is 8. The molecule has 5 aromatic rings. The molecule has 0 fully saturated rings. The summed E-state index contributed by atoms with van der Waals surface area (Å²) in [6.45, 7) is 0.835. The Morgan fingerprint density at radius 2 is 1.82 bits per heavy atom. The largest absolute Gasteiger partial charge is 0.493 e. The van der Waals surface area contributed by atoms with Gasteiger partial charge in [0.15, 0.2) is 11.3 Å². The smallest absolute Gasteiger partial charge is 0.210 e. The molecule has 6 rings (SSSR count). The number of aromatic nitrogens is 7. The Bertz CT molecular complexity index is 1510. The Morgan fingerprint density at radius 3 is 2.64 bits per heavy atom. The van der Waals surface area contributed by atoms with Crippen molar-refractivity contribution in [3.63, 3.8) is 0 Å². The van der Waals surface area contributed by atoms with Gasteiger partial charge in [0.25, 0.3) is 0 Å². The highest BCUT2D eigenvalue weighted by molar-refractivity contribution is 5.86. The maximum absolute atomic E-state index is 14.5. The van der Waals surface area contributed by atoms with E-state index in [-0.39, 0.29) is 12.4 Å². The van der Waals surface area contributed by atoms with Crippen LogP contribution < -0.4 is 15.0 Å².